The first-order chi connectivity index (χ1) is 18.4. The van der Waals surface area contributed by atoms with Gasteiger partial charge in [-0.25, -0.2) is 4.79 Å². The van der Waals surface area contributed by atoms with Crippen molar-refractivity contribution >= 4 is 35.0 Å². The zero-order chi connectivity index (χ0) is 26.9. The molecule has 0 unspecified atom stereocenters. The van der Waals surface area contributed by atoms with Gasteiger partial charge in [-0.15, -0.1) is 0 Å². The number of aliphatic hydroxyl groups is 1. The molecule has 1 fully saturated rings. The molecule has 1 aliphatic rings. The Balaban J connectivity index is 1.38. The zero-order valence-corrected chi connectivity index (χ0v) is 22.3. The monoisotopic (exact) mass is 535 g/mol. The third kappa shape index (κ3) is 7.81. The molecular formula is C30H34ClN3O4. The maximum absolute atomic E-state index is 12.8. The second-order valence-electron chi connectivity index (χ2n) is 9.64. The highest BCUT2D eigenvalue weighted by molar-refractivity contribution is 6.31. The highest BCUT2D eigenvalue weighted by atomic mass is 35.5. The molecule has 8 heteroatoms. The average Bonchev–Trinajstić information content (AvgIpc) is 2.91. The van der Waals surface area contributed by atoms with Crippen molar-refractivity contribution in [3.63, 3.8) is 0 Å². The minimum atomic E-state index is -0.445. The van der Waals surface area contributed by atoms with E-state index in [2.05, 4.69) is 22.6 Å². The average molecular weight is 536 g/mol. The van der Waals surface area contributed by atoms with Gasteiger partial charge in [-0.1, -0.05) is 60.1 Å². The van der Waals surface area contributed by atoms with Gasteiger partial charge in [-0.3, -0.25) is 10.1 Å². The van der Waals surface area contributed by atoms with E-state index >= 15 is 0 Å². The molecule has 0 aromatic heterocycles. The summed E-state index contributed by atoms with van der Waals surface area (Å²) in [5.74, 6) is -0.112. The van der Waals surface area contributed by atoms with Gasteiger partial charge in [0, 0.05) is 35.8 Å². The Morgan fingerprint density at radius 2 is 1.79 bits per heavy atom. The Morgan fingerprint density at radius 3 is 2.50 bits per heavy atom. The van der Waals surface area contributed by atoms with Crippen LogP contribution in [0.1, 0.15) is 36.8 Å². The van der Waals surface area contributed by atoms with Crippen molar-refractivity contribution in [3.8, 4) is 11.1 Å². The van der Waals surface area contributed by atoms with Gasteiger partial charge in [0.1, 0.15) is 6.10 Å². The second kappa shape index (κ2) is 13.4. The van der Waals surface area contributed by atoms with E-state index in [9.17, 15) is 14.7 Å². The molecule has 1 aliphatic heterocycles. The number of aliphatic hydroxyl groups excluding tert-OH is 1. The van der Waals surface area contributed by atoms with Crippen LogP contribution in [0.5, 0.6) is 0 Å². The summed E-state index contributed by atoms with van der Waals surface area (Å²) in [5, 5.41) is 15.5. The molecule has 0 bridgehead atoms. The number of piperidine rings is 1. The Hall–Kier alpha value is -3.39. The molecule has 1 saturated heterocycles. The van der Waals surface area contributed by atoms with Crippen molar-refractivity contribution in [1.29, 1.82) is 0 Å². The molecule has 0 radical (unpaired) electrons. The lowest BCUT2D eigenvalue weighted by Gasteiger charge is -2.28. The first kappa shape index (κ1) is 27.6. The molecule has 1 heterocycles. The number of carbonyl (C=O) groups excluding carboxylic acids is 2. The van der Waals surface area contributed by atoms with Crippen molar-refractivity contribution < 1.29 is 19.4 Å². The van der Waals surface area contributed by atoms with Crippen LogP contribution >= 0.6 is 11.6 Å². The van der Waals surface area contributed by atoms with E-state index in [0.717, 1.165) is 42.6 Å². The number of amides is 2. The molecule has 3 N–H and O–H groups in total. The van der Waals surface area contributed by atoms with Gasteiger partial charge in [-0.05, 0) is 67.6 Å². The highest BCUT2D eigenvalue weighted by Gasteiger charge is 2.21. The van der Waals surface area contributed by atoms with Gasteiger partial charge in [0.25, 0.3) is 0 Å². The lowest BCUT2D eigenvalue weighted by molar-refractivity contribution is -0.116. The maximum atomic E-state index is 12.8. The second-order valence-corrected chi connectivity index (χ2v) is 10.1. The minimum Gasteiger partial charge on any atom is -0.446 e. The number of benzene rings is 3. The SMILES string of the molecule is CN1CCC(OC(=O)Nc2cc(CCCC(=O)Nc3ccc(CO)c(Cl)c3)ccc2-c2ccccc2)CC1. The first-order valence-corrected chi connectivity index (χ1v) is 13.3. The molecule has 0 atom stereocenters. The smallest absolute Gasteiger partial charge is 0.411 e. The third-order valence-corrected chi connectivity index (χ3v) is 7.07. The molecular weight excluding hydrogens is 502 g/mol. The van der Waals surface area contributed by atoms with E-state index in [4.69, 9.17) is 16.3 Å². The molecule has 38 heavy (non-hydrogen) atoms. The molecule has 200 valence electrons. The largest absolute Gasteiger partial charge is 0.446 e. The van der Waals surface area contributed by atoms with Crippen LogP contribution < -0.4 is 10.6 Å². The number of hydrogen-bond acceptors (Lipinski definition) is 5. The van der Waals surface area contributed by atoms with E-state index in [1.165, 1.54) is 0 Å². The summed E-state index contributed by atoms with van der Waals surface area (Å²) in [6.45, 7) is 1.68. The number of ether oxygens (including phenoxy) is 1. The van der Waals surface area contributed by atoms with Crippen LogP contribution in [0, 0.1) is 0 Å². The van der Waals surface area contributed by atoms with Gasteiger partial charge >= 0.3 is 6.09 Å². The van der Waals surface area contributed by atoms with Crippen LogP contribution in [0.3, 0.4) is 0 Å². The van der Waals surface area contributed by atoms with Crippen LogP contribution in [0.2, 0.25) is 5.02 Å². The van der Waals surface area contributed by atoms with Crippen LogP contribution in [0.4, 0.5) is 16.2 Å². The van der Waals surface area contributed by atoms with Gasteiger partial charge in [0.2, 0.25) is 5.91 Å². The Bertz CT molecular complexity index is 1240. The topological polar surface area (TPSA) is 90.9 Å². The van der Waals surface area contributed by atoms with Crippen LogP contribution in [0.15, 0.2) is 66.7 Å². The summed E-state index contributed by atoms with van der Waals surface area (Å²) in [5.41, 5.74) is 4.83. The summed E-state index contributed by atoms with van der Waals surface area (Å²) in [7, 11) is 2.07. The zero-order valence-electron chi connectivity index (χ0n) is 21.6. The Kier molecular flexibility index (Phi) is 9.76. The van der Waals surface area contributed by atoms with E-state index in [0.29, 0.717) is 41.2 Å². The number of carbonyl (C=O) groups is 2. The molecule has 0 saturated carbocycles. The Morgan fingerprint density at radius 1 is 1.03 bits per heavy atom. The number of aryl methyl sites for hydroxylation is 1. The van der Waals surface area contributed by atoms with Crippen LogP contribution in [0.25, 0.3) is 11.1 Å². The standard InChI is InChI=1S/C30H34ClN3O4/c1-34-16-14-25(15-17-34)38-30(37)33-28-18-21(10-13-26(28)22-7-3-2-4-8-22)6-5-9-29(36)32-24-12-11-23(20-35)27(31)19-24/h2-4,7-8,10-13,18-19,25,35H,5-6,9,14-17,20H2,1H3,(H,32,36)(H,33,37). The van der Waals surface area contributed by atoms with Crippen molar-refractivity contribution in [2.45, 2.75) is 44.8 Å². The lowest BCUT2D eigenvalue weighted by atomic mass is 9.99. The quantitative estimate of drug-likeness (QED) is 0.308. The van der Waals surface area contributed by atoms with E-state index in [1.807, 2.05) is 48.5 Å². The summed E-state index contributed by atoms with van der Waals surface area (Å²) in [6.07, 6.45) is 2.77. The highest BCUT2D eigenvalue weighted by Crippen LogP contribution is 2.30. The minimum absolute atomic E-state index is 0.0807. The molecule has 3 aromatic rings. The van der Waals surface area contributed by atoms with Gasteiger partial charge in [-0.2, -0.15) is 0 Å². The molecule has 3 aromatic carbocycles. The van der Waals surface area contributed by atoms with E-state index in [-0.39, 0.29) is 18.6 Å². The summed E-state index contributed by atoms with van der Waals surface area (Å²) >= 11 is 6.11. The van der Waals surface area contributed by atoms with E-state index < -0.39 is 6.09 Å². The lowest BCUT2D eigenvalue weighted by Crippen LogP contribution is -2.36. The first-order valence-electron chi connectivity index (χ1n) is 12.9. The number of nitrogens with zero attached hydrogens (tertiary/aromatic N) is 1. The number of nitrogens with one attached hydrogen (secondary N) is 2. The predicted octanol–water partition coefficient (Wildman–Crippen LogP) is 6.10. The van der Waals surface area contributed by atoms with Gasteiger partial charge in [0.05, 0.1) is 12.3 Å². The number of anilines is 2. The summed E-state index contributed by atoms with van der Waals surface area (Å²) in [6, 6.07) is 20.9. The number of halogens is 1. The normalized spacial score (nSPS) is 14.2. The van der Waals surface area contributed by atoms with Crippen molar-refractivity contribution in [2.24, 2.45) is 0 Å². The van der Waals surface area contributed by atoms with Crippen molar-refractivity contribution in [3.05, 3.63) is 82.9 Å². The molecule has 7 nitrogen and oxygen atoms in total. The number of likely N-dealkylation sites (tertiary alicyclic amines) is 1. The molecule has 0 aliphatic carbocycles. The Labute approximate surface area is 228 Å². The number of rotatable bonds is 9. The summed E-state index contributed by atoms with van der Waals surface area (Å²) in [4.78, 5) is 27.5. The fourth-order valence-electron chi connectivity index (χ4n) is 4.54. The molecule has 0 spiro atoms. The molecule has 4 rings (SSSR count). The van der Waals surface area contributed by atoms with Crippen LogP contribution in [-0.4, -0.2) is 48.2 Å². The fourth-order valence-corrected chi connectivity index (χ4v) is 4.78. The number of hydrogen-bond donors (Lipinski definition) is 3. The predicted molar refractivity (Wildman–Crippen MR) is 151 cm³/mol. The van der Waals surface area contributed by atoms with Gasteiger partial charge < -0.3 is 20.1 Å². The maximum Gasteiger partial charge on any atom is 0.411 e. The molecule has 2 amide bonds. The van der Waals surface area contributed by atoms with Crippen LogP contribution in [-0.2, 0) is 22.6 Å². The van der Waals surface area contributed by atoms with Gasteiger partial charge in [0.15, 0.2) is 0 Å². The summed E-state index contributed by atoms with van der Waals surface area (Å²) < 4.78 is 5.71. The third-order valence-electron chi connectivity index (χ3n) is 6.72. The van der Waals surface area contributed by atoms with E-state index in [1.54, 1.807) is 18.2 Å². The van der Waals surface area contributed by atoms with Crippen molar-refractivity contribution in [2.75, 3.05) is 30.8 Å². The van der Waals surface area contributed by atoms with Crippen molar-refractivity contribution in [1.82, 2.24) is 4.90 Å². The fraction of sp³-hybridized carbons (Fsp3) is 0.333.